The molecule has 2 amide bonds. The number of thioether (sulfide) groups is 1. The summed E-state index contributed by atoms with van der Waals surface area (Å²) < 4.78 is 13.8. The molecule has 1 saturated heterocycles. The van der Waals surface area contributed by atoms with Crippen molar-refractivity contribution < 1.29 is 24.2 Å². The average Bonchev–Trinajstić information content (AvgIpc) is 3.48. The first-order chi connectivity index (χ1) is 21.9. The van der Waals surface area contributed by atoms with E-state index < -0.39 is 6.29 Å². The van der Waals surface area contributed by atoms with Gasteiger partial charge in [0.2, 0.25) is 11.8 Å². The number of aromatic nitrogens is 2. The number of benzene rings is 3. The fourth-order valence-electron chi connectivity index (χ4n) is 4.90. The highest BCUT2D eigenvalue weighted by atomic mass is 32.2. The van der Waals surface area contributed by atoms with Crippen molar-refractivity contribution in [2.24, 2.45) is 0 Å². The zero-order chi connectivity index (χ0) is 31.6. The summed E-state index contributed by atoms with van der Waals surface area (Å²) in [6.07, 6.45) is 1.42. The topological polar surface area (TPSA) is 149 Å². The van der Waals surface area contributed by atoms with Crippen LogP contribution in [0.25, 0.3) is 0 Å². The highest BCUT2D eigenvalue weighted by Gasteiger charge is 2.32. The van der Waals surface area contributed by atoms with Gasteiger partial charge in [-0.15, -0.1) is 10.2 Å². The van der Waals surface area contributed by atoms with Gasteiger partial charge in [-0.05, 0) is 55.2 Å². The smallest absolute Gasteiger partial charge is 0.224 e. The Bertz CT molecular complexity index is 1580. The number of nitrogens with zero attached hydrogens (tertiary/aromatic N) is 2. The minimum absolute atomic E-state index is 0.0181. The zero-order valence-electron chi connectivity index (χ0n) is 25.0. The van der Waals surface area contributed by atoms with Crippen molar-refractivity contribution in [3.63, 3.8) is 0 Å². The van der Waals surface area contributed by atoms with E-state index in [1.807, 2.05) is 67.6 Å². The zero-order valence-corrected chi connectivity index (χ0v) is 26.6. The Morgan fingerprint density at radius 2 is 1.71 bits per heavy atom. The van der Waals surface area contributed by atoms with E-state index in [-0.39, 0.29) is 37.0 Å². The Balaban J connectivity index is 1.17. The molecule has 1 fully saturated rings. The van der Waals surface area contributed by atoms with E-state index in [0.717, 1.165) is 26.0 Å². The molecule has 3 aromatic carbocycles. The molecule has 0 saturated carbocycles. The third-order valence-corrected chi connectivity index (χ3v) is 9.35. The quantitative estimate of drug-likeness (QED) is 0.0735. The predicted molar refractivity (Wildman–Crippen MR) is 177 cm³/mol. The van der Waals surface area contributed by atoms with Gasteiger partial charge in [-0.3, -0.25) is 9.59 Å². The molecular formula is C33H37N5O5S2. The van der Waals surface area contributed by atoms with Gasteiger partial charge in [0, 0.05) is 36.3 Å². The molecule has 0 bridgehead atoms. The van der Waals surface area contributed by atoms with Crippen LogP contribution in [0.2, 0.25) is 0 Å². The second-order valence-corrected chi connectivity index (χ2v) is 13.2. The second-order valence-electron chi connectivity index (χ2n) is 10.8. The molecule has 1 aliphatic heterocycles. The monoisotopic (exact) mass is 647 g/mol. The molecular weight excluding hydrogens is 611 g/mol. The number of anilines is 3. The normalized spacial score (nSPS) is 18.0. The van der Waals surface area contributed by atoms with Gasteiger partial charge >= 0.3 is 0 Å². The van der Waals surface area contributed by atoms with Crippen LogP contribution in [0.4, 0.5) is 17.1 Å². The van der Waals surface area contributed by atoms with Crippen LogP contribution in [0.5, 0.6) is 0 Å². The maximum Gasteiger partial charge on any atom is 0.224 e. The minimum Gasteiger partial charge on any atom is -0.397 e. The highest BCUT2D eigenvalue weighted by molar-refractivity contribution is 8.01. The van der Waals surface area contributed by atoms with Crippen LogP contribution in [-0.4, -0.2) is 39.0 Å². The fourth-order valence-corrected chi connectivity index (χ4v) is 6.76. The lowest BCUT2D eigenvalue weighted by molar-refractivity contribution is -0.245. The van der Waals surface area contributed by atoms with Gasteiger partial charge in [-0.2, -0.15) is 0 Å². The van der Waals surface area contributed by atoms with Gasteiger partial charge in [-0.25, -0.2) is 0 Å². The molecule has 12 heteroatoms. The Labute approximate surface area is 270 Å². The molecule has 2 heterocycles. The summed E-state index contributed by atoms with van der Waals surface area (Å²) in [5.74, 6) is 0.424. The summed E-state index contributed by atoms with van der Waals surface area (Å²) in [5, 5.41) is 24.5. The molecule has 3 atom stereocenters. The number of nitrogen functional groups attached to an aromatic ring is 1. The SMILES string of the molecule is Cc1nnc(SC[C@@H]2C[C@H](c3ccc(CO)cc3)O[C@H](c3cccc(NC(=O)CCCCC(=O)Nc4ccccc4N)c3)O2)s1. The molecule has 0 aliphatic carbocycles. The van der Waals surface area contributed by atoms with E-state index in [1.54, 1.807) is 35.2 Å². The van der Waals surface area contributed by atoms with Crippen molar-refractivity contribution in [2.75, 3.05) is 22.1 Å². The van der Waals surface area contributed by atoms with Gasteiger partial charge in [0.1, 0.15) is 5.01 Å². The predicted octanol–water partition coefficient (Wildman–Crippen LogP) is 6.40. The first-order valence-corrected chi connectivity index (χ1v) is 16.6. The number of ether oxygens (including phenoxy) is 2. The van der Waals surface area contributed by atoms with Gasteiger partial charge in [0.15, 0.2) is 10.6 Å². The van der Waals surface area contributed by atoms with Crippen LogP contribution in [0, 0.1) is 6.92 Å². The molecule has 0 spiro atoms. The number of carbonyl (C=O) groups excluding carboxylic acids is 2. The summed E-state index contributed by atoms with van der Waals surface area (Å²) in [6, 6.07) is 22.4. The van der Waals surface area contributed by atoms with E-state index >= 15 is 0 Å². The number of hydrogen-bond donors (Lipinski definition) is 4. The first kappa shape index (κ1) is 32.6. The van der Waals surface area contributed by atoms with Gasteiger partial charge in [0.25, 0.3) is 0 Å². The standard InChI is InChI=1S/C33H37N5O5S2/c1-21-37-38-33(45-21)44-20-26-18-29(23-15-13-22(19-39)14-16-23)43-32(42-26)24-7-6-8-25(17-24)35-30(40)11-4-5-12-31(41)36-28-10-3-2-9-27(28)34/h2-3,6-10,13-17,26,29,32,39H,4-5,11-12,18-20,34H2,1H3,(H,35,40)(H,36,41)/t26-,29+,32+/m0/s1. The maximum atomic E-state index is 12.7. The number of rotatable bonds is 13. The molecule has 0 radical (unpaired) electrons. The number of unbranched alkanes of at least 4 members (excludes halogenated alkanes) is 1. The number of para-hydroxylation sites is 2. The number of amides is 2. The molecule has 5 N–H and O–H groups in total. The van der Waals surface area contributed by atoms with Gasteiger partial charge in [0.05, 0.1) is 30.2 Å². The van der Waals surface area contributed by atoms with Crippen LogP contribution in [0.15, 0.2) is 77.1 Å². The van der Waals surface area contributed by atoms with Crippen LogP contribution in [-0.2, 0) is 25.7 Å². The largest absolute Gasteiger partial charge is 0.397 e. The third kappa shape index (κ3) is 9.59. The van der Waals surface area contributed by atoms with Gasteiger partial charge < -0.3 is 30.9 Å². The number of aryl methyl sites for hydroxylation is 1. The van der Waals surface area contributed by atoms with Crippen molar-refractivity contribution in [3.05, 3.63) is 94.5 Å². The van der Waals surface area contributed by atoms with Crippen molar-refractivity contribution >= 4 is 52.0 Å². The first-order valence-electron chi connectivity index (χ1n) is 14.8. The van der Waals surface area contributed by atoms with Crippen molar-refractivity contribution in [3.8, 4) is 0 Å². The third-order valence-electron chi connectivity index (χ3n) is 7.25. The molecule has 1 aromatic heterocycles. The summed E-state index contributed by atoms with van der Waals surface area (Å²) in [4.78, 5) is 25.0. The number of nitrogens with two attached hydrogens (primary N) is 1. The molecule has 4 aromatic rings. The lowest BCUT2D eigenvalue weighted by Gasteiger charge is -2.36. The van der Waals surface area contributed by atoms with Gasteiger partial charge in [-0.1, -0.05) is 71.6 Å². The Kier molecular flexibility index (Phi) is 11.6. The molecule has 10 nitrogen and oxygen atoms in total. The molecule has 1 aliphatic rings. The molecule has 45 heavy (non-hydrogen) atoms. The van der Waals surface area contributed by atoms with E-state index in [2.05, 4.69) is 20.8 Å². The average molecular weight is 648 g/mol. The van der Waals surface area contributed by atoms with Crippen molar-refractivity contribution in [2.45, 2.75) is 68.5 Å². The number of carbonyl (C=O) groups is 2. The second kappa shape index (κ2) is 16.0. The van der Waals surface area contributed by atoms with E-state index in [9.17, 15) is 14.7 Å². The maximum absolute atomic E-state index is 12.7. The number of aliphatic hydroxyl groups is 1. The molecule has 0 unspecified atom stereocenters. The Morgan fingerprint density at radius 3 is 2.42 bits per heavy atom. The summed E-state index contributed by atoms with van der Waals surface area (Å²) in [6.45, 7) is 1.92. The van der Waals surface area contributed by atoms with E-state index in [0.29, 0.717) is 48.5 Å². The van der Waals surface area contributed by atoms with Crippen LogP contribution < -0.4 is 16.4 Å². The summed E-state index contributed by atoms with van der Waals surface area (Å²) in [5.41, 5.74) is 10.3. The van der Waals surface area contributed by atoms with Crippen LogP contribution in [0.1, 0.15) is 66.2 Å². The summed E-state index contributed by atoms with van der Waals surface area (Å²) in [7, 11) is 0. The van der Waals surface area contributed by atoms with E-state index in [4.69, 9.17) is 15.2 Å². The van der Waals surface area contributed by atoms with Crippen molar-refractivity contribution in [1.82, 2.24) is 10.2 Å². The fraction of sp³-hybridized carbons (Fsp3) is 0.333. The Hall–Kier alpha value is -3.81. The lowest BCUT2D eigenvalue weighted by atomic mass is 10.0. The number of nitrogens with one attached hydrogen (secondary N) is 2. The van der Waals surface area contributed by atoms with E-state index in [1.165, 1.54) is 0 Å². The van der Waals surface area contributed by atoms with Crippen molar-refractivity contribution in [1.29, 1.82) is 0 Å². The number of hydrogen-bond acceptors (Lipinski definition) is 10. The van der Waals surface area contributed by atoms with Crippen LogP contribution >= 0.6 is 23.1 Å². The Morgan fingerprint density at radius 1 is 0.956 bits per heavy atom. The molecule has 5 rings (SSSR count). The number of aliphatic hydroxyl groups excluding tert-OH is 1. The minimum atomic E-state index is -0.642. The highest BCUT2D eigenvalue weighted by Crippen LogP contribution is 2.40. The lowest BCUT2D eigenvalue weighted by Crippen LogP contribution is -2.31. The summed E-state index contributed by atoms with van der Waals surface area (Å²) >= 11 is 3.17. The van der Waals surface area contributed by atoms with Crippen LogP contribution in [0.3, 0.4) is 0 Å². The molecule has 236 valence electrons.